The lowest BCUT2D eigenvalue weighted by Gasteiger charge is -2.53. The fourth-order valence-corrected chi connectivity index (χ4v) is 8.07. The number of nitro groups is 2. The highest BCUT2D eigenvalue weighted by Crippen LogP contribution is 2.39. The molecule has 7 rings (SSSR count). The first-order valence-corrected chi connectivity index (χ1v) is 20.9. The number of hydrogen-bond donors (Lipinski definition) is 2. The highest BCUT2D eigenvalue weighted by molar-refractivity contribution is 6.14. The Morgan fingerprint density at radius 2 is 1.32 bits per heavy atom. The van der Waals surface area contributed by atoms with Crippen LogP contribution in [0.15, 0.2) is 115 Å². The lowest BCUT2D eigenvalue weighted by Crippen LogP contribution is -2.75. The third-order valence-corrected chi connectivity index (χ3v) is 11.5. The van der Waals surface area contributed by atoms with Crippen molar-refractivity contribution in [1.82, 2.24) is 20.1 Å². The van der Waals surface area contributed by atoms with Crippen LogP contribution in [-0.4, -0.2) is 109 Å². The molecule has 4 aromatic carbocycles. The van der Waals surface area contributed by atoms with Crippen molar-refractivity contribution in [2.75, 3.05) is 13.2 Å². The maximum Gasteiger partial charge on any atom is 0.339 e. The van der Waals surface area contributed by atoms with Gasteiger partial charge < -0.3 is 24.8 Å². The smallest absolute Gasteiger partial charge is 0.339 e. The molecule has 19 nitrogen and oxygen atoms in total. The van der Waals surface area contributed by atoms with Gasteiger partial charge in [0.1, 0.15) is 12.1 Å². The molecule has 4 amide bonds. The number of pyridine rings is 1. The van der Waals surface area contributed by atoms with E-state index >= 15 is 0 Å². The van der Waals surface area contributed by atoms with Gasteiger partial charge in [-0.2, -0.15) is 0 Å². The van der Waals surface area contributed by atoms with E-state index < -0.39 is 104 Å². The lowest BCUT2D eigenvalue weighted by molar-refractivity contribution is -0.385. The normalized spacial score (nSPS) is 18.7. The summed E-state index contributed by atoms with van der Waals surface area (Å²) < 4.78 is 11.0. The molecule has 1 aromatic heterocycles. The number of β-lactam (4-membered cyclic amide) rings is 1. The predicted octanol–water partition coefficient (Wildman–Crippen LogP) is 4.52. The number of carbonyl (C=O) groups is 6. The second-order valence-corrected chi connectivity index (χ2v) is 16.7. The Morgan fingerprint density at radius 3 is 1.88 bits per heavy atom. The molecule has 19 heteroatoms. The number of likely N-dealkylation sites (tertiary alicyclic amines) is 2. The molecular formula is C47H44N6O13. The van der Waals surface area contributed by atoms with Crippen LogP contribution in [0.1, 0.15) is 58.7 Å². The summed E-state index contributed by atoms with van der Waals surface area (Å²) in [6.07, 6.45) is -2.18. The van der Waals surface area contributed by atoms with Gasteiger partial charge in [0, 0.05) is 54.7 Å². The van der Waals surface area contributed by atoms with Crippen LogP contribution >= 0.6 is 0 Å². The maximum atomic E-state index is 14.7. The summed E-state index contributed by atoms with van der Waals surface area (Å²) in [7, 11) is 0. The van der Waals surface area contributed by atoms with Gasteiger partial charge in [0.25, 0.3) is 23.2 Å². The van der Waals surface area contributed by atoms with E-state index in [2.05, 4.69) is 10.3 Å². The summed E-state index contributed by atoms with van der Waals surface area (Å²) in [4.78, 5) is 113. The largest absolute Gasteiger partial charge is 0.444 e. The number of aliphatic hydroxyl groups is 1. The van der Waals surface area contributed by atoms with Gasteiger partial charge in [-0.3, -0.25) is 49.3 Å². The van der Waals surface area contributed by atoms with Crippen LogP contribution in [-0.2, 0) is 41.5 Å². The number of nitrogens with zero attached hydrogens (tertiary/aromatic N) is 5. The van der Waals surface area contributed by atoms with E-state index in [1.54, 1.807) is 20.0 Å². The molecule has 2 aliphatic heterocycles. The second-order valence-electron chi connectivity index (χ2n) is 16.7. The van der Waals surface area contributed by atoms with E-state index in [1.807, 2.05) is 60.7 Å². The van der Waals surface area contributed by atoms with Gasteiger partial charge in [0.15, 0.2) is 0 Å². The van der Waals surface area contributed by atoms with Crippen molar-refractivity contribution in [2.24, 2.45) is 5.41 Å². The molecule has 3 heterocycles. The molecule has 0 bridgehead atoms. The molecule has 5 atom stereocenters. The first-order chi connectivity index (χ1) is 31.6. The summed E-state index contributed by atoms with van der Waals surface area (Å²) in [5, 5.41) is 38.0. The van der Waals surface area contributed by atoms with Crippen molar-refractivity contribution in [2.45, 2.75) is 69.9 Å². The average molecular weight is 901 g/mol. The monoisotopic (exact) mass is 900 g/mol. The zero-order valence-electron chi connectivity index (χ0n) is 35.7. The van der Waals surface area contributed by atoms with E-state index in [-0.39, 0.29) is 32.4 Å². The molecule has 0 aliphatic carbocycles. The standard InChI is InChI=1S/C47H44N6O13/c1-47(2,27-54)25-37(41(55)48-21-20-28-10-4-3-5-11-28)50-36(19-18-33-22-29-12-6-7-13-32(29)26-49-33)38(42(50)56)51-43(57)39(65-45(59)30-14-8-16-34(23-30)52(61)62)40(44(51)58)66-46(60)31-15-9-17-35(24-31)53(63)64/h3-17,22-24,26,36-40,54H,18-21,25,27H2,1-2H3,(H,48,55)/t36?,37?,38-,39?,40?/m0/s1. The Balaban J connectivity index is 1.24. The van der Waals surface area contributed by atoms with Gasteiger partial charge in [-0.1, -0.05) is 80.6 Å². The first kappa shape index (κ1) is 46.1. The molecular weight excluding hydrogens is 857 g/mol. The minimum Gasteiger partial charge on any atom is -0.444 e. The fourth-order valence-electron chi connectivity index (χ4n) is 8.07. The first-order valence-electron chi connectivity index (χ1n) is 20.9. The highest BCUT2D eigenvalue weighted by atomic mass is 16.6. The second kappa shape index (κ2) is 19.4. The van der Waals surface area contributed by atoms with Crippen LogP contribution in [0.2, 0.25) is 0 Å². The number of aromatic nitrogens is 1. The molecule has 4 unspecified atom stereocenters. The number of amides is 4. The van der Waals surface area contributed by atoms with Crippen molar-refractivity contribution >= 4 is 57.7 Å². The van der Waals surface area contributed by atoms with Crippen molar-refractivity contribution < 1.29 is 53.2 Å². The van der Waals surface area contributed by atoms with Gasteiger partial charge in [-0.15, -0.1) is 0 Å². The number of carbonyl (C=O) groups excluding carboxylic acids is 6. The van der Waals surface area contributed by atoms with Crippen LogP contribution in [0.5, 0.6) is 0 Å². The minimum atomic E-state index is -2.23. The van der Waals surface area contributed by atoms with Crippen LogP contribution in [0.25, 0.3) is 10.8 Å². The number of fused-ring (bicyclic) bond motifs is 1. The highest BCUT2D eigenvalue weighted by Gasteiger charge is 2.64. The number of rotatable bonds is 18. The van der Waals surface area contributed by atoms with Crippen molar-refractivity contribution in [3.63, 3.8) is 0 Å². The summed E-state index contributed by atoms with van der Waals surface area (Å²) >= 11 is 0. The van der Waals surface area contributed by atoms with Crippen LogP contribution in [0.3, 0.4) is 0 Å². The Morgan fingerprint density at radius 1 is 0.758 bits per heavy atom. The molecule has 0 radical (unpaired) electrons. The van der Waals surface area contributed by atoms with Gasteiger partial charge in [-0.25, -0.2) is 9.59 Å². The molecule has 2 N–H and O–H groups in total. The summed E-state index contributed by atoms with van der Waals surface area (Å²) in [6.45, 7) is 3.24. The summed E-state index contributed by atoms with van der Waals surface area (Å²) in [6, 6.07) is 23.4. The molecule has 66 heavy (non-hydrogen) atoms. The molecule has 0 spiro atoms. The molecule has 2 aliphatic rings. The zero-order chi connectivity index (χ0) is 47.3. The Bertz CT molecular complexity index is 2640. The van der Waals surface area contributed by atoms with Crippen molar-refractivity contribution in [1.29, 1.82) is 0 Å². The summed E-state index contributed by atoms with van der Waals surface area (Å²) in [5.74, 6) is -6.59. The number of ether oxygens (including phenoxy) is 2. The fraction of sp³-hybridized carbons (Fsp3) is 0.298. The van der Waals surface area contributed by atoms with Crippen molar-refractivity contribution in [3.8, 4) is 0 Å². The Hall–Kier alpha value is -7.93. The maximum absolute atomic E-state index is 14.7. The van der Waals surface area contributed by atoms with E-state index in [0.717, 1.165) is 52.7 Å². The Labute approximate surface area is 376 Å². The van der Waals surface area contributed by atoms with Gasteiger partial charge in [-0.05, 0) is 60.2 Å². The quantitative estimate of drug-likeness (QED) is 0.0403. The van der Waals surface area contributed by atoms with E-state index in [0.29, 0.717) is 17.0 Å². The number of benzene rings is 4. The molecule has 2 fully saturated rings. The van der Waals surface area contributed by atoms with Crippen molar-refractivity contribution in [3.05, 3.63) is 158 Å². The number of imide groups is 1. The number of aryl methyl sites for hydroxylation is 1. The van der Waals surface area contributed by atoms with E-state index in [4.69, 9.17) is 9.47 Å². The SMILES string of the molecule is CC(C)(CO)CC(C(=O)NCCc1ccccc1)N1C(=O)[C@@H](N2C(=O)C(OC(=O)c3cccc([N+](=O)[O-])c3)C(OC(=O)c3cccc([N+](=O)[O-])c3)C2=O)C1CCc1cc2ccccc2cn1. The minimum absolute atomic E-state index is 0.0302. The number of nitrogens with one attached hydrogen (secondary N) is 1. The number of nitro benzene ring substituents is 2. The third kappa shape index (κ3) is 9.90. The number of aliphatic hydroxyl groups excluding tert-OH is 1. The van der Waals surface area contributed by atoms with Gasteiger partial charge in [0.05, 0.1) is 27.0 Å². The number of non-ortho nitro benzene ring substituents is 2. The zero-order valence-corrected chi connectivity index (χ0v) is 35.7. The van der Waals surface area contributed by atoms with Crippen LogP contribution in [0, 0.1) is 25.6 Å². The third-order valence-electron chi connectivity index (χ3n) is 11.5. The van der Waals surface area contributed by atoms with Gasteiger partial charge in [0.2, 0.25) is 24.0 Å². The van der Waals surface area contributed by atoms with Crippen LogP contribution in [0.4, 0.5) is 11.4 Å². The van der Waals surface area contributed by atoms with Gasteiger partial charge >= 0.3 is 11.9 Å². The topological polar surface area (TPSA) is 259 Å². The molecule has 340 valence electrons. The summed E-state index contributed by atoms with van der Waals surface area (Å²) in [5.41, 5.74) is -1.18. The Kier molecular flexibility index (Phi) is 13.6. The van der Waals surface area contributed by atoms with E-state index in [1.165, 1.54) is 17.0 Å². The van der Waals surface area contributed by atoms with Crippen LogP contribution < -0.4 is 5.32 Å². The molecule has 5 aromatic rings. The number of esters is 2. The average Bonchev–Trinajstić information content (AvgIpc) is 3.53. The predicted molar refractivity (Wildman–Crippen MR) is 233 cm³/mol. The number of hydrogen-bond acceptors (Lipinski definition) is 14. The molecule has 2 saturated heterocycles. The molecule has 0 saturated carbocycles. The lowest BCUT2D eigenvalue weighted by atomic mass is 9.80. The van der Waals surface area contributed by atoms with E-state index in [9.17, 15) is 54.1 Å².